The molecular formula is C21H24F3N3. The van der Waals surface area contributed by atoms with Crippen LogP contribution < -0.4 is 0 Å². The van der Waals surface area contributed by atoms with Crippen molar-refractivity contribution in [2.75, 3.05) is 19.6 Å². The summed E-state index contributed by atoms with van der Waals surface area (Å²) in [5, 5.41) is 0. The molecule has 0 fully saturated rings. The Hall–Kier alpha value is -2.34. The van der Waals surface area contributed by atoms with Gasteiger partial charge in [0.25, 0.3) is 0 Å². The van der Waals surface area contributed by atoms with Crippen LogP contribution in [0, 0.1) is 6.92 Å². The molecule has 2 aromatic carbocycles. The number of imidazole rings is 1. The molecule has 6 heteroatoms. The summed E-state index contributed by atoms with van der Waals surface area (Å²) in [6.07, 6.45) is -4.37. The summed E-state index contributed by atoms with van der Waals surface area (Å²) in [6.45, 7) is 9.55. The van der Waals surface area contributed by atoms with E-state index in [-0.39, 0.29) is 0 Å². The van der Waals surface area contributed by atoms with Crippen molar-refractivity contribution in [1.82, 2.24) is 14.5 Å². The summed E-state index contributed by atoms with van der Waals surface area (Å²) < 4.78 is 41.4. The Labute approximate surface area is 157 Å². The van der Waals surface area contributed by atoms with Crippen LogP contribution in [0.5, 0.6) is 0 Å². The monoisotopic (exact) mass is 375 g/mol. The summed E-state index contributed by atoms with van der Waals surface area (Å²) in [6, 6.07) is 11.7. The second-order valence-electron chi connectivity index (χ2n) is 6.63. The van der Waals surface area contributed by atoms with E-state index in [9.17, 15) is 13.2 Å². The molecule has 27 heavy (non-hydrogen) atoms. The Morgan fingerprint density at radius 3 is 2.37 bits per heavy atom. The Morgan fingerprint density at radius 2 is 1.74 bits per heavy atom. The summed E-state index contributed by atoms with van der Waals surface area (Å²) in [4.78, 5) is 6.88. The van der Waals surface area contributed by atoms with Crippen LogP contribution in [-0.2, 0) is 12.7 Å². The van der Waals surface area contributed by atoms with Gasteiger partial charge in [0.15, 0.2) is 0 Å². The molecule has 0 aliphatic carbocycles. The smallest absolute Gasteiger partial charge is 0.323 e. The minimum atomic E-state index is -4.37. The molecule has 0 spiro atoms. The molecule has 3 aromatic rings. The zero-order valence-corrected chi connectivity index (χ0v) is 15.8. The van der Waals surface area contributed by atoms with Gasteiger partial charge in [0.2, 0.25) is 0 Å². The maximum Gasteiger partial charge on any atom is 0.416 e. The van der Waals surface area contributed by atoms with Gasteiger partial charge in [-0.3, -0.25) is 0 Å². The highest BCUT2D eigenvalue weighted by Crippen LogP contribution is 2.33. The quantitative estimate of drug-likeness (QED) is 0.577. The Bertz CT molecular complexity index is 924. The number of likely N-dealkylation sites (N-methyl/N-ethyl adjacent to an activating group) is 1. The first kappa shape index (κ1) is 19.4. The molecule has 3 nitrogen and oxygen atoms in total. The fourth-order valence-electron chi connectivity index (χ4n) is 3.34. The predicted octanol–water partition coefficient (Wildman–Crippen LogP) is 5.37. The Balaban J connectivity index is 2.13. The topological polar surface area (TPSA) is 21.1 Å². The molecule has 0 aliphatic heterocycles. The first-order valence-corrected chi connectivity index (χ1v) is 9.21. The first-order chi connectivity index (χ1) is 12.8. The number of fused-ring (bicyclic) bond motifs is 1. The van der Waals surface area contributed by atoms with E-state index in [1.807, 2.05) is 35.8 Å². The maximum absolute atomic E-state index is 13.1. The molecule has 1 heterocycles. The van der Waals surface area contributed by atoms with Crippen molar-refractivity contribution < 1.29 is 13.2 Å². The van der Waals surface area contributed by atoms with E-state index in [2.05, 4.69) is 23.7 Å². The SMILES string of the molecule is CCN(CC)CCn1c(-c2ccccc2C)nc2cc(C(F)(F)F)ccc21. The normalized spacial score (nSPS) is 12.3. The molecule has 0 aliphatic rings. The molecule has 1 aromatic heterocycles. The lowest BCUT2D eigenvalue weighted by Crippen LogP contribution is -2.27. The molecule has 0 amide bonds. The van der Waals surface area contributed by atoms with Gasteiger partial charge in [-0.05, 0) is 43.8 Å². The van der Waals surface area contributed by atoms with Gasteiger partial charge < -0.3 is 9.47 Å². The highest BCUT2D eigenvalue weighted by atomic mass is 19.4. The number of hydrogen-bond donors (Lipinski definition) is 0. The van der Waals surface area contributed by atoms with Crippen LogP contribution in [0.25, 0.3) is 22.4 Å². The van der Waals surface area contributed by atoms with Gasteiger partial charge in [-0.25, -0.2) is 4.98 Å². The molecule has 0 N–H and O–H groups in total. The molecule has 0 atom stereocenters. The lowest BCUT2D eigenvalue weighted by molar-refractivity contribution is -0.137. The van der Waals surface area contributed by atoms with Crippen LogP contribution in [0.15, 0.2) is 42.5 Å². The number of alkyl halides is 3. The van der Waals surface area contributed by atoms with Gasteiger partial charge in [-0.1, -0.05) is 38.1 Å². The van der Waals surface area contributed by atoms with Crippen LogP contribution in [0.4, 0.5) is 13.2 Å². The molecule has 144 valence electrons. The number of nitrogens with zero attached hydrogens (tertiary/aromatic N) is 3. The van der Waals surface area contributed by atoms with E-state index in [0.29, 0.717) is 12.1 Å². The standard InChI is InChI=1S/C21H24F3N3/c1-4-26(5-2)12-13-27-19-11-10-16(21(22,23)24)14-18(19)25-20(27)17-9-7-6-8-15(17)3/h6-11,14H,4-5,12-13H2,1-3H3. The van der Waals surface area contributed by atoms with Crippen molar-refractivity contribution in [3.8, 4) is 11.4 Å². The summed E-state index contributed by atoms with van der Waals surface area (Å²) >= 11 is 0. The molecule has 0 saturated carbocycles. The molecule has 0 bridgehead atoms. The lowest BCUT2D eigenvalue weighted by atomic mass is 10.1. The number of halogens is 3. The molecule has 3 rings (SSSR count). The van der Waals surface area contributed by atoms with Crippen LogP contribution >= 0.6 is 0 Å². The summed E-state index contributed by atoms with van der Waals surface area (Å²) in [7, 11) is 0. The average molecular weight is 375 g/mol. The third-order valence-electron chi connectivity index (χ3n) is 5.00. The molecule has 0 saturated heterocycles. The fraction of sp³-hybridized carbons (Fsp3) is 0.381. The van der Waals surface area contributed by atoms with E-state index in [1.54, 1.807) is 0 Å². The molecule has 0 radical (unpaired) electrons. The Morgan fingerprint density at radius 1 is 1.04 bits per heavy atom. The number of benzene rings is 2. The van der Waals surface area contributed by atoms with E-state index in [0.717, 1.165) is 54.2 Å². The maximum atomic E-state index is 13.1. The van der Waals surface area contributed by atoms with Gasteiger partial charge in [0, 0.05) is 18.7 Å². The van der Waals surface area contributed by atoms with Gasteiger partial charge in [0.05, 0.1) is 16.6 Å². The lowest BCUT2D eigenvalue weighted by Gasteiger charge is -2.19. The van der Waals surface area contributed by atoms with Crippen molar-refractivity contribution in [2.24, 2.45) is 0 Å². The fourth-order valence-corrected chi connectivity index (χ4v) is 3.34. The summed E-state index contributed by atoms with van der Waals surface area (Å²) in [5.74, 6) is 0.717. The van der Waals surface area contributed by atoms with Crippen molar-refractivity contribution in [3.63, 3.8) is 0 Å². The number of aryl methyl sites for hydroxylation is 1. The number of rotatable bonds is 6. The zero-order valence-electron chi connectivity index (χ0n) is 15.8. The van der Waals surface area contributed by atoms with Crippen LogP contribution in [0.1, 0.15) is 25.0 Å². The van der Waals surface area contributed by atoms with Crippen LogP contribution in [-0.4, -0.2) is 34.1 Å². The van der Waals surface area contributed by atoms with Crippen molar-refractivity contribution in [3.05, 3.63) is 53.6 Å². The van der Waals surface area contributed by atoms with E-state index < -0.39 is 11.7 Å². The van der Waals surface area contributed by atoms with E-state index in [4.69, 9.17) is 0 Å². The number of aromatic nitrogens is 2. The summed E-state index contributed by atoms with van der Waals surface area (Å²) in [5.41, 5.74) is 2.44. The largest absolute Gasteiger partial charge is 0.416 e. The Kier molecular flexibility index (Phi) is 5.56. The van der Waals surface area contributed by atoms with Crippen molar-refractivity contribution >= 4 is 11.0 Å². The first-order valence-electron chi connectivity index (χ1n) is 9.21. The molecule has 0 unspecified atom stereocenters. The number of hydrogen-bond acceptors (Lipinski definition) is 2. The molecular weight excluding hydrogens is 351 g/mol. The second kappa shape index (κ2) is 7.72. The van der Waals surface area contributed by atoms with E-state index >= 15 is 0 Å². The van der Waals surface area contributed by atoms with Gasteiger partial charge in [-0.2, -0.15) is 13.2 Å². The zero-order chi connectivity index (χ0) is 19.6. The van der Waals surface area contributed by atoms with Gasteiger partial charge in [-0.15, -0.1) is 0 Å². The highest BCUT2D eigenvalue weighted by Gasteiger charge is 2.31. The van der Waals surface area contributed by atoms with Gasteiger partial charge >= 0.3 is 6.18 Å². The van der Waals surface area contributed by atoms with Gasteiger partial charge in [0.1, 0.15) is 5.82 Å². The van der Waals surface area contributed by atoms with Crippen LogP contribution in [0.3, 0.4) is 0 Å². The minimum absolute atomic E-state index is 0.377. The van der Waals surface area contributed by atoms with Crippen molar-refractivity contribution in [2.45, 2.75) is 33.5 Å². The highest BCUT2D eigenvalue weighted by molar-refractivity contribution is 5.82. The second-order valence-corrected chi connectivity index (χ2v) is 6.63. The third-order valence-corrected chi connectivity index (χ3v) is 5.00. The predicted molar refractivity (Wildman–Crippen MR) is 103 cm³/mol. The van der Waals surface area contributed by atoms with E-state index in [1.165, 1.54) is 6.07 Å². The third kappa shape index (κ3) is 4.00. The average Bonchev–Trinajstić information content (AvgIpc) is 3.00. The minimum Gasteiger partial charge on any atom is -0.323 e. The van der Waals surface area contributed by atoms with Crippen molar-refractivity contribution in [1.29, 1.82) is 0 Å². The van der Waals surface area contributed by atoms with Crippen LogP contribution in [0.2, 0.25) is 0 Å².